The molecule has 0 radical (unpaired) electrons. The van der Waals surface area contributed by atoms with Gasteiger partial charge in [0.15, 0.2) is 5.82 Å². The minimum Gasteiger partial charge on any atom is -0.399 e. The first kappa shape index (κ1) is 17.2. The van der Waals surface area contributed by atoms with Gasteiger partial charge in [0, 0.05) is 16.6 Å². The van der Waals surface area contributed by atoms with Gasteiger partial charge in [-0.3, -0.25) is 5.43 Å². The third-order valence-electron chi connectivity index (χ3n) is 4.39. The highest BCUT2D eigenvalue weighted by Gasteiger charge is 2.13. The standard InChI is InChI=1S/C21H19N5S/c1-13-3-5-16(6-4-13)18-11-27-21-19(18)20(23-12-24-21)26-25-14(2)15-7-9-17(22)10-8-15/h3-12H,22H2,1-2H3,(H,23,24,26)/b25-14-. The fraction of sp³-hybridized carbons (Fsp3) is 0.0952. The molecule has 0 aliphatic rings. The Morgan fingerprint density at radius 2 is 1.78 bits per heavy atom. The lowest BCUT2D eigenvalue weighted by molar-refractivity contribution is 1.18. The summed E-state index contributed by atoms with van der Waals surface area (Å²) in [5.41, 5.74) is 15.0. The summed E-state index contributed by atoms with van der Waals surface area (Å²) in [7, 11) is 0. The first-order valence-electron chi connectivity index (χ1n) is 8.57. The van der Waals surface area contributed by atoms with E-state index in [1.54, 1.807) is 17.7 Å². The first-order valence-corrected chi connectivity index (χ1v) is 9.45. The van der Waals surface area contributed by atoms with Crippen LogP contribution in [-0.2, 0) is 0 Å². The number of anilines is 2. The lowest BCUT2D eigenvalue weighted by Gasteiger charge is -2.07. The molecule has 0 amide bonds. The smallest absolute Gasteiger partial charge is 0.159 e. The number of nitrogens with two attached hydrogens (primary N) is 1. The van der Waals surface area contributed by atoms with Crippen molar-refractivity contribution in [1.82, 2.24) is 9.97 Å². The molecule has 2 heterocycles. The van der Waals surface area contributed by atoms with Crippen LogP contribution in [0.25, 0.3) is 21.3 Å². The predicted molar refractivity (Wildman–Crippen MR) is 114 cm³/mol. The Balaban J connectivity index is 1.71. The summed E-state index contributed by atoms with van der Waals surface area (Å²) in [5, 5.41) is 7.62. The summed E-state index contributed by atoms with van der Waals surface area (Å²) in [6.07, 6.45) is 1.56. The zero-order valence-corrected chi connectivity index (χ0v) is 15.9. The summed E-state index contributed by atoms with van der Waals surface area (Å²) >= 11 is 1.61. The minimum absolute atomic E-state index is 0.701. The number of fused-ring (bicyclic) bond motifs is 1. The van der Waals surface area contributed by atoms with Gasteiger partial charge < -0.3 is 5.73 Å². The molecule has 0 atom stereocenters. The summed E-state index contributed by atoms with van der Waals surface area (Å²) in [5.74, 6) is 0.701. The average Bonchev–Trinajstić information content (AvgIpc) is 3.12. The highest BCUT2D eigenvalue weighted by molar-refractivity contribution is 7.17. The summed E-state index contributed by atoms with van der Waals surface area (Å²) in [4.78, 5) is 9.76. The van der Waals surface area contributed by atoms with Crippen LogP contribution in [0.5, 0.6) is 0 Å². The van der Waals surface area contributed by atoms with Crippen molar-refractivity contribution in [1.29, 1.82) is 0 Å². The highest BCUT2D eigenvalue weighted by Crippen LogP contribution is 2.36. The second-order valence-electron chi connectivity index (χ2n) is 6.35. The number of nitrogens with one attached hydrogen (secondary N) is 1. The number of aryl methyl sites for hydroxylation is 1. The van der Waals surface area contributed by atoms with Gasteiger partial charge in [-0.25, -0.2) is 9.97 Å². The number of nitrogen functional groups attached to an aromatic ring is 1. The molecule has 4 aromatic rings. The van der Waals surface area contributed by atoms with Gasteiger partial charge in [0.05, 0.1) is 11.1 Å². The van der Waals surface area contributed by atoms with E-state index in [1.165, 1.54) is 5.56 Å². The second-order valence-corrected chi connectivity index (χ2v) is 7.21. The molecule has 0 bridgehead atoms. The monoisotopic (exact) mass is 373 g/mol. The van der Waals surface area contributed by atoms with Gasteiger partial charge in [-0.05, 0) is 37.1 Å². The van der Waals surface area contributed by atoms with Crippen molar-refractivity contribution < 1.29 is 0 Å². The largest absolute Gasteiger partial charge is 0.399 e. The van der Waals surface area contributed by atoms with Gasteiger partial charge in [0.25, 0.3) is 0 Å². The number of nitrogens with zero attached hydrogens (tertiary/aromatic N) is 3. The van der Waals surface area contributed by atoms with Crippen LogP contribution >= 0.6 is 11.3 Å². The molecule has 4 rings (SSSR count). The Kier molecular flexibility index (Phi) is 4.56. The first-order chi connectivity index (χ1) is 13.1. The second kappa shape index (κ2) is 7.17. The zero-order chi connectivity index (χ0) is 18.8. The molecule has 0 unspecified atom stereocenters. The van der Waals surface area contributed by atoms with Crippen molar-refractivity contribution in [2.75, 3.05) is 11.2 Å². The van der Waals surface area contributed by atoms with Crippen molar-refractivity contribution >= 4 is 38.8 Å². The fourth-order valence-electron chi connectivity index (χ4n) is 2.83. The van der Waals surface area contributed by atoms with Gasteiger partial charge in [0.2, 0.25) is 0 Å². The Hall–Kier alpha value is -3.25. The Labute approximate surface area is 161 Å². The van der Waals surface area contributed by atoms with E-state index < -0.39 is 0 Å². The van der Waals surface area contributed by atoms with Crippen molar-refractivity contribution in [2.24, 2.45) is 5.10 Å². The molecule has 0 aliphatic heterocycles. The number of thiophene rings is 1. The molecule has 3 N–H and O–H groups in total. The van der Waals surface area contributed by atoms with Crippen LogP contribution in [0.1, 0.15) is 18.1 Å². The van der Waals surface area contributed by atoms with Gasteiger partial charge >= 0.3 is 0 Å². The van der Waals surface area contributed by atoms with Crippen LogP contribution in [-0.4, -0.2) is 15.7 Å². The van der Waals surface area contributed by atoms with Crippen LogP contribution in [0.3, 0.4) is 0 Å². The maximum Gasteiger partial charge on any atom is 0.159 e. The Morgan fingerprint density at radius 3 is 2.52 bits per heavy atom. The molecule has 134 valence electrons. The van der Waals surface area contributed by atoms with Crippen molar-refractivity contribution in [3.63, 3.8) is 0 Å². The van der Waals surface area contributed by atoms with Gasteiger partial charge in [-0.1, -0.05) is 42.0 Å². The maximum atomic E-state index is 5.75. The van der Waals surface area contributed by atoms with E-state index in [0.717, 1.165) is 38.3 Å². The molecule has 0 saturated carbocycles. The summed E-state index contributed by atoms with van der Waals surface area (Å²) < 4.78 is 0. The number of hydrogen-bond donors (Lipinski definition) is 2. The molecule has 5 nitrogen and oxygen atoms in total. The maximum absolute atomic E-state index is 5.75. The fourth-order valence-corrected chi connectivity index (χ4v) is 3.75. The Bertz CT molecular complexity index is 1110. The van der Waals surface area contributed by atoms with Crippen LogP contribution < -0.4 is 11.2 Å². The average molecular weight is 373 g/mol. The number of hydrazone groups is 1. The van der Waals surface area contributed by atoms with Crippen LogP contribution in [0.15, 0.2) is 65.3 Å². The molecular weight excluding hydrogens is 354 g/mol. The van der Waals surface area contributed by atoms with Crippen LogP contribution in [0, 0.1) is 6.92 Å². The molecule has 0 fully saturated rings. The quantitative estimate of drug-likeness (QED) is 0.297. The lowest BCUT2D eigenvalue weighted by Crippen LogP contribution is -2.01. The summed E-state index contributed by atoms with van der Waals surface area (Å²) in [6, 6.07) is 16.1. The highest BCUT2D eigenvalue weighted by atomic mass is 32.1. The topological polar surface area (TPSA) is 76.2 Å². The lowest BCUT2D eigenvalue weighted by atomic mass is 10.0. The van der Waals surface area contributed by atoms with Crippen molar-refractivity contribution in [2.45, 2.75) is 13.8 Å². The summed E-state index contributed by atoms with van der Waals surface area (Å²) in [6.45, 7) is 4.03. The molecule has 2 aromatic carbocycles. The normalized spacial score (nSPS) is 11.7. The van der Waals surface area contributed by atoms with E-state index in [4.69, 9.17) is 5.73 Å². The number of benzene rings is 2. The van der Waals surface area contributed by atoms with E-state index in [0.29, 0.717) is 5.82 Å². The molecule has 0 aliphatic carbocycles. The van der Waals surface area contributed by atoms with E-state index in [1.807, 2.05) is 31.2 Å². The third kappa shape index (κ3) is 3.52. The van der Waals surface area contributed by atoms with E-state index in [-0.39, 0.29) is 0 Å². The van der Waals surface area contributed by atoms with Crippen LogP contribution in [0.4, 0.5) is 11.5 Å². The molecular formula is C21H19N5S. The van der Waals surface area contributed by atoms with Crippen LogP contribution in [0.2, 0.25) is 0 Å². The number of aromatic nitrogens is 2. The molecule has 0 saturated heterocycles. The predicted octanol–water partition coefficient (Wildman–Crippen LogP) is 5.09. The molecule has 6 heteroatoms. The number of hydrogen-bond acceptors (Lipinski definition) is 6. The van der Waals surface area contributed by atoms with E-state index in [2.05, 4.69) is 57.1 Å². The SMILES string of the molecule is C/C(=N/Nc1ncnc2scc(-c3ccc(C)cc3)c12)c1ccc(N)cc1. The molecule has 0 spiro atoms. The molecule has 2 aromatic heterocycles. The minimum atomic E-state index is 0.701. The van der Waals surface area contributed by atoms with E-state index >= 15 is 0 Å². The van der Waals surface area contributed by atoms with Crippen molar-refractivity contribution in [3.05, 3.63) is 71.4 Å². The van der Waals surface area contributed by atoms with Gasteiger partial charge in [-0.2, -0.15) is 5.10 Å². The van der Waals surface area contributed by atoms with Gasteiger partial charge in [-0.15, -0.1) is 11.3 Å². The Morgan fingerprint density at radius 1 is 1.04 bits per heavy atom. The molecule has 27 heavy (non-hydrogen) atoms. The zero-order valence-electron chi connectivity index (χ0n) is 15.1. The third-order valence-corrected chi connectivity index (χ3v) is 5.28. The van der Waals surface area contributed by atoms with Gasteiger partial charge in [0.1, 0.15) is 11.2 Å². The number of rotatable bonds is 4. The van der Waals surface area contributed by atoms with Crippen molar-refractivity contribution in [3.8, 4) is 11.1 Å². The van der Waals surface area contributed by atoms with E-state index in [9.17, 15) is 0 Å².